The van der Waals surface area contributed by atoms with Crippen LogP contribution in [-0.2, 0) is 16.1 Å². The Labute approximate surface area is 179 Å². The summed E-state index contributed by atoms with van der Waals surface area (Å²) in [5.41, 5.74) is 2.90. The van der Waals surface area contributed by atoms with Gasteiger partial charge in [0.15, 0.2) is 0 Å². The number of nitrogens with one attached hydrogen (secondary N) is 1. The number of nitrogens with zero attached hydrogens (tertiary/aromatic N) is 2. The van der Waals surface area contributed by atoms with Crippen LogP contribution in [0.4, 0.5) is 11.4 Å². The van der Waals surface area contributed by atoms with Crippen LogP contribution in [0.1, 0.15) is 24.0 Å². The van der Waals surface area contributed by atoms with Crippen molar-refractivity contribution in [1.29, 1.82) is 0 Å². The lowest BCUT2D eigenvalue weighted by Gasteiger charge is -2.21. The zero-order valence-electron chi connectivity index (χ0n) is 16.4. The quantitative estimate of drug-likeness (QED) is 0.636. The summed E-state index contributed by atoms with van der Waals surface area (Å²) in [6.45, 7) is 2.18. The molecule has 2 aromatic carbocycles. The summed E-state index contributed by atoms with van der Waals surface area (Å²) in [6.07, 6.45) is 1.73. The lowest BCUT2D eigenvalue weighted by molar-refractivity contribution is -0.122. The van der Waals surface area contributed by atoms with Crippen molar-refractivity contribution >= 4 is 34.8 Å². The van der Waals surface area contributed by atoms with Crippen LogP contribution in [0.3, 0.4) is 0 Å². The van der Waals surface area contributed by atoms with E-state index in [9.17, 15) is 9.59 Å². The molecule has 0 aliphatic carbocycles. The van der Waals surface area contributed by atoms with Gasteiger partial charge in [-0.25, -0.2) is 4.98 Å². The lowest BCUT2D eigenvalue weighted by atomic mass is 10.1. The Hall–Kier alpha value is -3.38. The minimum atomic E-state index is -0.244. The Balaban J connectivity index is 1.49. The monoisotopic (exact) mass is 421 g/mol. The number of pyridine rings is 1. The van der Waals surface area contributed by atoms with Crippen molar-refractivity contribution in [1.82, 2.24) is 4.98 Å². The highest BCUT2D eigenvalue weighted by Crippen LogP contribution is 2.37. The molecule has 0 saturated carbocycles. The third-order valence-corrected chi connectivity index (χ3v) is 5.37. The van der Waals surface area contributed by atoms with E-state index < -0.39 is 0 Å². The van der Waals surface area contributed by atoms with Gasteiger partial charge in [0, 0.05) is 35.3 Å². The van der Waals surface area contributed by atoms with Crippen LogP contribution < -0.4 is 15.0 Å². The van der Waals surface area contributed by atoms with E-state index in [0.29, 0.717) is 34.6 Å². The Bertz CT molecular complexity index is 1120. The predicted octanol–water partition coefficient (Wildman–Crippen LogP) is 5.10. The molecular weight excluding hydrogens is 402 g/mol. The van der Waals surface area contributed by atoms with Gasteiger partial charge in [-0.1, -0.05) is 35.9 Å². The highest BCUT2D eigenvalue weighted by atomic mass is 35.5. The molecule has 0 unspecified atom stereocenters. The molecule has 0 spiro atoms. The van der Waals surface area contributed by atoms with Crippen molar-refractivity contribution in [2.24, 2.45) is 0 Å². The number of carbonyl (C=O) groups is 2. The van der Waals surface area contributed by atoms with Gasteiger partial charge in [0.25, 0.3) is 0 Å². The van der Waals surface area contributed by atoms with E-state index in [-0.39, 0.29) is 24.7 Å². The third-order valence-electron chi connectivity index (χ3n) is 4.96. The molecule has 0 radical (unpaired) electrons. The normalized spacial score (nSPS) is 12.3. The Morgan fingerprint density at radius 1 is 1.10 bits per heavy atom. The number of amides is 2. The summed E-state index contributed by atoms with van der Waals surface area (Å²) in [4.78, 5) is 31.3. The summed E-state index contributed by atoms with van der Waals surface area (Å²) in [5, 5.41) is 3.41. The topological polar surface area (TPSA) is 71.5 Å². The van der Waals surface area contributed by atoms with Gasteiger partial charge in [0.1, 0.15) is 11.4 Å². The number of aromatic nitrogens is 1. The van der Waals surface area contributed by atoms with Crippen molar-refractivity contribution in [2.45, 2.75) is 26.3 Å². The molecule has 2 amide bonds. The van der Waals surface area contributed by atoms with Gasteiger partial charge in [0.05, 0.1) is 6.54 Å². The summed E-state index contributed by atoms with van der Waals surface area (Å²) in [6, 6.07) is 16.4. The standard InChI is InChI=1S/C23H20ClN3O3/c1-15-17(24)7-4-8-18(15)26-21(28)11-12-22(29)27-14-16-6-2-3-10-20(16)30-23-19(27)9-5-13-25-23/h2-10,13H,11-12,14H2,1H3,(H,26,28). The third kappa shape index (κ3) is 4.14. The number of para-hydroxylation sites is 1. The molecule has 1 aromatic heterocycles. The SMILES string of the molecule is Cc1c(Cl)cccc1NC(=O)CCC(=O)N1Cc2ccccc2Oc2ncccc21. The van der Waals surface area contributed by atoms with Gasteiger partial charge in [-0.2, -0.15) is 0 Å². The molecule has 7 heteroatoms. The smallest absolute Gasteiger partial charge is 0.243 e. The zero-order chi connectivity index (χ0) is 21.1. The van der Waals surface area contributed by atoms with Crippen LogP contribution in [0.25, 0.3) is 0 Å². The highest BCUT2D eigenvalue weighted by molar-refractivity contribution is 6.31. The van der Waals surface area contributed by atoms with E-state index in [1.165, 1.54) is 0 Å². The summed E-state index contributed by atoms with van der Waals surface area (Å²) >= 11 is 6.10. The number of hydrogen-bond acceptors (Lipinski definition) is 4. The average molecular weight is 422 g/mol. The fourth-order valence-electron chi connectivity index (χ4n) is 3.29. The second-order valence-corrected chi connectivity index (χ2v) is 7.39. The maximum atomic E-state index is 13.0. The minimum Gasteiger partial charge on any atom is -0.437 e. The number of anilines is 2. The minimum absolute atomic E-state index is 0.0549. The molecular formula is C23H20ClN3O3. The van der Waals surface area contributed by atoms with Gasteiger partial charge in [0.2, 0.25) is 17.7 Å². The average Bonchev–Trinajstić information content (AvgIpc) is 2.92. The molecule has 0 saturated heterocycles. The number of hydrogen-bond donors (Lipinski definition) is 1. The molecule has 3 aromatic rings. The first-order chi connectivity index (χ1) is 14.5. The number of fused-ring (bicyclic) bond motifs is 2. The summed E-state index contributed by atoms with van der Waals surface area (Å²) in [7, 11) is 0. The van der Waals surface area contributed by atoms with Gasteiger partial charge < -0.3 is 15.0 Å². The molecule has 1 aliphatic rings. The molecule has 152 valence electrons. The first kappa shape index (κ1) is 19.9. The van der Waals surface area contributed by atoms with Crippen LogP contribution in [0.15, 0.2) is 60.8 Å². The molecule has 1 aliphatic heterocycles. The lowest BCUT2D eigenvalue weighted by Crippen LogP contribution is -2.30. The van der Waals surface area contributed by atoms with Gasteiger partial charge in [-0.05, 0) is 42.8 Å². The predicted molar refractivity (Wildman–Crippen MR) is 116 cm³/mol. The maximum Gasteiger partial charge on any atom is 0.243 e. The van der Waals surface area contributed by atoms with Gasteiger partial charge in [-0.3, -0.25) is 9.59 Å². The Morgan fingerprint density at radius 3 is 2.80 bits per heavy atom. The molecule has 6 nitrogen and oxygen atoms in total. The zero-order valence-corrected chi connectivity index (χ0v) is 17.1. The number of ether oxygens (including phenoxy) is 1. The fourth-order valence-corrected chi connectivity index (χ4v) is 3.47. The van der Waals surface area contributed by atoms with Crippen molar-refractivity contribution in [3.8, 4) is 11.6 Å². The largest absolute Gasteiger partial charge is 0.437 e. The first-order valence-corrected chi connectivity index (χ1v) is 9.97. The Kier molecular flexibility index (Phi) is 5.68. The highest BCUT2D eigenvalue weighted by Gasteiger charge is 2.26. The Morgan fingerprint density at radius 2 is 1.93 bits per heavy atom. The number of benzene rings is 2. The molecule has 4 rings (SSSR count). The first-order valence-electron chi connectivity index (χ1n) is 9.59. The van der Waals surface area contributed by atoms with Crippen LogP contribution in [-0.4, -0.2) is 16.8 Å². The molecule has 0 bridgehead atoms. The van der Waals surface area contributed by atoms with Crippen molar-refractivity contribution in [2.75, 3.05) is 10.2 Å². The number of halogens is 1. The maximum absolute atomic E-state index is 13.0. The van der Waals surface area contributed by atoms with Crippen LogP contribution in [0.2, 0.25) is 5.02 Å². The van der Waals surface area contributed by atoms with E-state index in [1.54, 1.807) is 41.4 Å². The van der Waals surface area contributed by atoms with Crippen molar-refractivity contribution in [3.63, 3.8) is 0 Å². The van der Waals surface area contributed by atoms with Crippen molar-refractivity contribution < 1.29 is 14.3 Å². The number of rotatable bonds is 4. The van der Waals surface area contributed by atoms with E-state index in [0.717, 1.165) is 11.1 Å². The van der Waals surface area contributed by atoms with E-state index in [2.05, 4.69) is 10.3 Å². The number of carbonyl (C=O) groups excluding carboxylic acids is 2. The van der Waals surface area contributed by atoms with Gasteiger partial charge in [-0.15, -0.1) is 0 Å². The molecule has 30 heavy (non-hydrogen) atoms. The van der Waals surface area contributed by atoms with Crippen LogP contribution in [0.5, 0.6) is 11.6 Å². The summed E-state index contributed by atoms with van der Waals surface area (Å²) < 4.78 is 5.92. The van der Waals surface area contributed by atoms with E-state index >= 15 is 0 Å². The second-order valence-electron chi connectivity index (χ2n) is 6.98. The van der Waals surface area contributed by atoms with Crippen LogP contribution in [0, 0.1) is 6.92 Å². The summed E-state index contributed by atoms with van der Waals surface area (Å²) in [5.74, 6) is 0.617. The fraction of sp³-hybridized carbons (Fsp3) is 0.174. The van der Waals surface area contributed by atoms with Gasteiger partial charge >= 0.3 is 0 Å². The van der Waals surface area contributed by atoms with E-state index in [1.807, 2.05) is 31.2 Å². The molecule has 0 fully saturated rings. The van der Waals surface area contributed by atoms with Crippen molar-refractivity contribution in [3.05, 3.63) is 76.9 Å². The van der Waals surface area contributed by atoms with E-state index in [4.69, 9.17) is 16.3 Å². The van der Waals surface area contributed by atoms with Crippen LogP contribution >= 0.6 is 11.6 Å². The molecule has 0 atom stereocenters. The molecule has 2 heterocycles. The molecule has 1 N–H and O–H groups in total. The second kappa shape index (κ2) is 8.55.